The van der Waals surface area contributed by atoms with Gasteiger partial charge >= 0.3 is 0 Å². The Labute approximate surface area is 186 Å². The number of hydrogen-bond acceptors (Lipinski definition) is 4. The molecule has 1 aliphatic heterocycles. The number of hydrogen-bond donors (Lipinski definition) is 2. The van der Waals surface area contributed by atoms with Crippen LogP contribution in [0.3, 0.4) is 0 Å². The Morgan fingerprint density at radius 1 is 0.903 bits per heavy atom. The van der Waals surface area contributed by atoms with Crippen molar-refractivity contribution >= 4 is 44.6 Å². The molecule has 0 aliphatic carbocycles. The minimum Gasteiger partial charge on any atom is -0.370 e. The van der Waals surface area contributed by atoms with Gasteiger partial charge in [0.2, 0.25) is 0 Å². The minimum absolute atomic E-state index is 0.173. The van der Waals surface area contributed by atoms with Crippen LogP contribution in [0.5, 0.6) is 0 Å². The molecule has 3 aromatic rings. The Morgan fingerprint density at radius 2 is 1.58 bits per heavy atom. The zero-order valence-electron chi connectivity index (χ0n) is 16.7. The van der Waals surface area contributed by atoms with Crippen LogP contribution in [0.25, 0.3) is 0 Å². The van der Waals surface area contributed by atoms with Gasteiger partial charge in [0.05, 0.1) is 16.3 Å². The highest BCUT2D eigenvalue weighted by Crippen LogP contribution is 2.32. The van der Waals surface area contributed by atoms with Gasteiger partial charge in [-0.05, 0) is 67.4 Å². The Hall–Kier alpha value is -3.03. The summed E-state index contributed by atoms with van der Waals surface area (Å²) in [5.41, 5.74) is 2.40. The summed E-state index contributed by atoms with van der Waals surface area (Å²) < 4.78 is 27.4. The number of rotatable bonds is 6. The van der Waals surface area contributed by atoms with Gasteiger partial charge in [0, 0.05) is 29.4 Å². The molecule has 0 radical (unpaired) electrons. The van der Waals surface area contributed by atoms with Crippen molar-refractivity contribution in [2.24, 2.45) is 0 Å². The van der Waals surface area contributed by atoms with E-state index in [-0.39, 0.29) is 10.8 Å². The van der Waals surface area contributed by atoms with E-state index in [0.29, 0.717) is 22.0 Å². The molecule has 1 amide bonds. The van der Waals surface area contributed by atoms with Crippen LogP contribution in [0.15, 0.2) is 77.7 Å². The van der Waals surface area contributed by atoms with E-state index in [1.54, 1.807) is 48.5 Å². The highest BCUT2D eigenvalue weighted by molar-refractivity contribution is 7.92. The Morgan fingerprint density at radius 3 is 2.26 bits per heavy atom. The molecule has 0 unspecified atom stereocenters. The second kappa shape index (κ2) is 8.99. The number of amides is 1. The van der Waals surface area contributed by atoms with Crippen molar-refractivity contribution in [3.63, 3.8) is 0 Å². The quantitative estimate of drug-likeness (QED) is 0.548. The lowest BCUT2D eigenvalue weighted by Crippen LogP contribution is -2.21. The molecule has 160 valence electrons. The van der Waals surface area contributed by atoms with Gasteiger partial charge in [-0.15, -0.1) is 0 Å². The van der Waals surface area contributed by atoms with Crippen LogP contribution < -0.4 is 14.9 Å². The van der Waals surface area contributed by atoms with Gasteiger partial charge in [0.15, 0.2) is 0 Å². The summed E-state index contributed by atoms with van der Waals surface area (Å²) in [7, 11) is -3.69. The molecule has 8 heteroatoms. The lowest BCUT2D eigenvalue weighted by molar-refractivity contribution is 0.102. The number of sulfonamides is 1. The molecule has 6 nitrogen and oxygen atoms in total. The number of carbonyl (C=O) groups excluding carboxylic acids is 1. The highest BCUT2D eigenvalue weighted by Gasteiger charge is 2.18. The molecule has 0 atom stereocenters. The number of carbonyl (C=O) groups is 1. The van der Waals surface area contributed by atoms with Crippen molar-refractivity contribution in [2.45, 2.75) is 17.7 Å². The molecule has 0 spiro atoms. The third kappa shape index (κ3) is 5.00. The van der Waals surface area contributed by atoms with E-state index in [4.69, 9.17) is 11.6 Å². The number of anilines is 3. The average Bonchev–Trinajstić information content (AvgIpc) is 3.29. The number of nitrogens with zero attached hydrogens (tertiary/aromatic N) is 1. The van der Waals surface area contributed by atoms with Gasteiger partial charge in [-0.2, -0.15) is 0 Å². The molecule has 0 aromatic heterocycles. The zero-order valence-corrected chi connectivity index (χ0v) is 18.3. The Balaban J connectivity index is 1.49. The van der Waals surface area contributed by atoms with Gasteiger partial charge in [-0.3, -0.25) is 9.52 Å². The number of nitrogens with one attached hydrogen (secondary N) is 2. The molecule has 1 heterocycles. The van der Waals surface area contributed by atoms with E-state index in [1.165, 1.54) is 12.1 Å². The van der Waals surface area contributed by atoms with Crippen molar-refractivity contribution < 1.29 is 13.2 Å². The molecule has 1 saturated heterocycles. The minimum atomic E-state index is -3.69. The van der Waals surface area contributed by atoms with Crippen LogP contribution in [0.1, 0.15) is 23.2 Å². The third-order valence-corrected chi connectivity index (χ3v) is 6.74. The zero-order chi connectivity index (χ0) is 21.8. The van der Waals surface area contributed by atoms with Crippen molar-refractivity contribution in [3.8, 4) is 0 Å². The van der Waals surface area contributed by atoms with Crippen LogP contribution >= 0.6 is 11.6 Å². The predicted molar refractivity (Wildman–Crippen MR) is 125 cm³/mol. The van der Waals surface area contributed by atoms with Crippen molar-refractivity contribution in [2.75, 3.05) is 28.0 Å². The van der Waals surface area contributed by atoms with Gasteiger partial charge in [-0.1, -0.05) is 29.8 Å². The smallest absolute Gasteiger partial charge is 0.261 e. The van der Waals surface area contributed by atoms with Gasteiger partial charge in [-0.25, -0.2) is 8.42 Å². The fourth-order valence-electron chi connectivity index (χ4n) is 3.54. The van der Waals surface area contributed by atoms with E-state index in [2.05, 4.69) is 14.9 Å². The Kier molecular flexibility index (Phi) is 6.15. The summed E-state index contributed by atoms with van der Waals surface area (Å²) >= 11 is 6.15. The molecular formula is C23H22ClN3O3S. The maximum Gasteiger partial charge on any atom is 0.261 e. The molecule has 3 aromatic carbocycles. The SMILES string of the molecule is O=C(Nc1cc(Cl)ccc1N1CCCC1)c1ccc(NS(=O)(=O)c2ccccc2)cc1. The summed E-state index contributed by atoms with van der Waals surface area (Å²) in [5, 5.41) is 3.48. The topological polar surface area (TPSA) is 78.5 Å². The molecule has 0 bridgehead atoms. The number of halogens is 1. The van der Waals surface area contributed by atoms with E-state index in [9.17, 15) is 13.2 Å². The van der Waals surface area contributed by atoms with Crippen LogP contribution in [0, 0.1) is 0 Å². The summed E-state index contributed by atoms with van der Waals surface area (Å²) in [4.78, 5) is 15.2. The maximum atomic E-state index is 12.8. The predicted octanol–water partition coefficient (Wildman–Crippen LogP) is 4.99. The molecule has 31 heavy (non-hydrogen) atoms. The number of benzene rings is 3. The van der Waals surface area contributed by atoms with E-state index < -0.39 is 10.0 Å². The normalized spacial score (nSPS) is 13.8. The summed E-state index contributed by atoms with van der Waals surface area (Å²) in [5.74, 6) is -0.291. The van der Waals surface area contributed by atoms with E-state index in [0.717, 1.165) is 31.6 Å². The highest BCUT2D eigenvalue weighted by atomic mass is 35.5. The van der Waals surface area contributed by atoms with Crippen LogP contribution in [-0.2, 0) is 10.0 Å². The fourth-order valence-corrected chi connectivity index (χ4v) is 4.79. The molecule has 1 aliphatic rings. The van der Waals surface area contributed by atoms with Gasteiger partial charge in [0.25, 0.3) is 15.9 Å². The monoisotopic (exact) mass is 455 g/mol. The van der Waals surface area contributed by atoms with E-state index >= 15 is 0 Å². The molecule has 2 N–H and O–H groups in total. The molecular weight excluding hydrogens is 434 g/mol. The standard InChI is InChI=1S/C23H22ClN3O3S/c24-18-10-13-22(27-14-4-5-15-27)21(16-18)25-23(28)17-8-11-19(12-9-17)26-31(29,30)20-6-2-1-3-7-20/h1-3,6-13,16,26H,4-5,14-15H2,(H,25,28). The van der Waals surface area contributed by atoms with E-state index in [1.807, 2.05) is 12.1 Å². The molecule has 0 saturated carbocycles. The second-order valence-electron chi connectivity index (χ2n) is 7.31. The van der Waals surface area contributed by atoms with Crippen molar-refractivity contribution in [3.05, 3.63) is 83.4 Å². The van der Waals surface area contributed by atoms with Crippen LogP contribution in [-0.4, -0.2) is 27.4 Å². The first-order valence-corrected chi connectivity index (χ1v) is 11.8. The second-order valence-corrected chi connectivity index (χ2v) is 9.42. The lowest BCUT2D eigenvalue weighted by Gasteiger charge is -2.22. The first-order chi connectivity index (χ1) is 14.9. The summed E-state index contributed by atoms with van der Waals surface area (Å²) in [6.07, 6.45) is 2.24. The largest absolute Gasteiger partial charge is 0.370 e. The Bertz CT molecular complexity index is 1180. The molecule has 1 fully saturated rings. The summed E-state index contributed by atoms with van der Waals surface area (Å²) in [6.45, 7) is 1.89. The average molecular weight is 456 g/mol. The first-order valence-electron chi connectivity index (χ1n) is 9.96. The summed E-state index contributed by atoms with van der Waals surface area (Å²) in [6, 6.07) is 19.9. The van der Waals surface area contributed by atoms with Crippen LogP contribution in [0.4, 0.5) is 17.1 Å². The van der Waals surface area contributed by atoms with Gasteiger partial charge in [0.1, 0.15) is 0 Å². The van der Waals surface area contributed by atoms with Crippen LogP contribution in [0.2, 0.25) is 5.02 Å². The fraction of sp³-hybridized carbons (Fsp3) is 0.174. The maximum absolute atomic E-state index is 12.8. The van der Waals surface area contributed by atoms with Crippen molar-refractivity contribution in [1.82, 2.24) is 0 Å². The molecule has 4 rings (SSSR count). The van der Waals surface area contributed by atoms with Crippen molar-refractivity contribution in [1.29, 1.82) is 0 Å². The lowest BCUT2D eigenvalue weighted by atomic mass is 10.2. The van der Waals surface area contributed by atoms with Gasteiger partial charge < -0.3 is 10.2 Å². The third-order valence-electron chi connectivity index (χ3n) is 5.11. The first kappa shape index (κ1) is 21.2.